The highest BCUT2D eigenvalue weighted by atomic mass is 16.6. The molecule has 20 heavy (non-hydrogen) atoms. The molecule has 0 amide bonds. The molecule has 0 saturated carbocycles. The summed E-state index contributed by atoms with van der Waals surface area (Å²) in [5, 5.41) is 14.2. The van der Waals surface area contributed by atoms with Crippen LogP contribution < -0.4 is 5.32 Å². The van der Waals surface area contributed by atoms with E-state index >= 15 is 0 Å². The van der Waals surface area contributed by atoms with Crippen LogP contribution in [0.4, 0.5) is 11.4 Å². The molecule has 110 valence electrons. The van der Waals surface area contributed by atoms with Crippen LogP contribution in [0.2, 0.25) is 0 Å². The van der Waals surface area contributed by atoms with Crippen LogP contribution in [-0.2, 0) is 4.74 Å². The van der Waals surface area contributed by atoms with Crippen molar-refractivity contribution in [3.63, 3.8) is 0 Å². The molecule has 6 heteroatoms. The number of aldehydes is 1. The molecule has 0 bridgehead atoms. The lowest BCUT2D eigenvalue weighted by molar-refractivity contribution is -0.384. The van der Waals surface area contributed by atoms with Gasteiger partial charge in [-0.05, 0) is 25.0 Å². The fraction of sp³-hybridized carbons (Fsp3) is 0.500. The van der Waals surface area contributed by atoms with Crippen molar-refractivity contribution in [2.24, 2.45) is 5.92 Å². The van der Waals surface area contributed by atoms with Crippen molar-refractivity contribution in [3.8, 4) is 0 Å². The molecule has 1 rings (SSSR count). The standard InChI is InChI=1S/C14H20N2O4/c1-4-20-9-13(10(2)3)15-12-6-5-11(8-17)7-14(12)16(18)19/h5-8,10,13,15H,4,9H2,1-3H3. The first kappa shape index (κ1) is 16.1. The van der Waals surface area contributed by atoms with Gasteiger partial charge in [0, 0.05) is 18.2 Å². The first-order valence-electron chi connectivity index (χ1n) is 6.57. The molecule has 1 unspecified atom stereocenters. The van der Waals surface area contributed by atoms with Crippen LogP contribution in [0.3, 0.4) is 0 Å². The van der Waals surface area contributed by atoms with Gasteiger partial charge in [-0.15, -0.1) is 0 Å². The Labute approximate surface area is 118 Å². The lowest BCUT2D eigenvalue weighted by Crippen LogP contribution is -2.31. The van der Waals surface area contributed by atoms with Gasteiger partial charge in [0.25, 0.3) is 5.69 Å². The Balaban J connectivity index is 2.99. The number of carbonyl (C=O) groups excluding carboxylic acids is 1. The maximum absolute atomic E-state index is 11.1. The summed E-state index contributed by atoms with van der Waals surface area (Å²) in [6.45, 7) is 7.00. The van der Waals surface area contributed by atoms with Crippen molar-refractivity contribution >= 4 is 17.7 Å². The molecule has 1 aromatic rings. The Morgan fingerprint density at radius 3 is 2.65 bits per heavy atom. The topological polar surface area (TPSA) is 81.5 Å². The summed E-state index contributed by atoms with van der Waals surface area (Å²) in [4.78, 5) is 21.3. The third-order valence-electron chi connectivity index (χ3n) is 3.00. The molecule has 6 nitrogen and oxygen atoms in total. The summed E-state index contributed by atoms with van der Waals surface area (Å²) in [5.41, 5.74) is 0.587. The molecule has 1 N–H and O–H groups in total. The zero-order valence-electron chi connectivity index (χ0n) is 12.0. The molecule has 0 spiro atoms. The van der Waals surface area contributed by atoms with Crippen LogP contribution in [0, 0.1) is 16.0 Å². The van der Waals surface area contributed by atoms with Gasteiger partial charge in [-0.25, -0.2) is 0 Å². The third kappa shape index (κ3) is 4.31. The Hall–Kier alpha value is -1.95. The van der Waals surface area contributed by atoms with Crippen LogP contribution >= 0.6 is 0 Å². The highest BCUT2D eigenvalue weighted by Gasteiger charge is 2.20. The summed E-state index contributed by atoms with van der Waals surface area (Å²) >= 11 is 0. The average Bonchev–Trinajstić information content (AvgIpc) is 2.42. The summed E-state index contributed by atoms with van der Waals surface area (Å²) in [6.07, 6.45) is 0.594. The second-order valence-electron chi connectivity index (χ2n) is 4.81. The maximum Gasteiger partial charge on any atom is 0.293 e. The van der Waals surface area contributed by atoms with Gasteiger partial charge in [-0.3, -0.25) is 14.9 Å². The molecular formula is C14H20N2O4. The molecule has 0 radical (unpaired) electrons. The fourth-order valence-corrected chi connectivity index (χ4v) is 1.74. The molecular weight excluding hydrogens is 260 g/mol. The predicted molar refractivity (Wildman–Crippen MR) is 77.2 cm³/mol. The molecule has 0 aliphatic heterocycles. The van der Waals surface area contributed by atoms with Gasteiger partial charge in [-0.1, -0.05) is 13.8 Å². The minimum Gasteiger partial charge on any atom is -0.380 e. The van der Waals surface area contributed by atoms with E-state index in [2.05, 4.69) is 5.32 Å². The number of nitro benzene ring substituents is 1. The Morgan fingerprint density at radius 1 is 1.45 bits per heavy atom. The number of hydrogen-bond acceptors (Lipinski definition) is 5. The van der Waals surface area contributed by atoms with E-state index in [-0.39, 0.29) is 23.2 Å². The predicted octanol–water partition coefficient (Wildman–Crippen LogP) is 2.88. The van der Waals surface area contributed by atoms with Gasteiger partial charge in [0.1, 0.15) is 12.0 Å². The zero-order valence-corrected chi connectivity index (χ0v) is 12.0. The quantitative estimate of drug-likeness (QED) is 0.450. The molecule has 0 saturated heterocycles. The largest absolute Gasteiger partial charge is 0.380 e. The Bertz CT molecular complexity index is 474. The van der Waals surface area contributed by atoms with Gasteiger partial charge in [-0.2, -0.15) is 0 Å². The Kier molecular flexibility index (Phi) is 6.11. The number of nitro groups is 1. The number of nitrogens with zero attached hydrogens (tertiary/aromatic N) is 1. The van der Waals surface area contributed by atoms with Crippen LogP contribution in [0.1, 0.15) is 31.1 Å². The molecule has 0 aliphatic rings. The van der Waals surface area contributed by atoms with E-state index < -0.39 is 4.92 Å². The number of carbonyl (C=O) groups is 1. The minimum atomic E-state index is -0.493. The smallest absolute Gasteiger partial charge is 0.293 e. The van der Waals surface area contributed by atoms with Crippen molar-refractivity contribution < 1.29 is 14.5 Å². The first-order valence-corrected chi connectivity index (χ1v) is 6.57. The monoisotopic (exact) mass is 280 g/mol. The highest BCUT2D eigenvalue weighted by molar-refractivity contribution is 5.79. The van der Waals surface area contributed by atoms with Gasteiger partial charge < -0.3 is 10.1 Å². The summed E-state index contributed by atoms with van der Waals surface area (Å²) in [5.74, 6) is 0.256. The van der Waals surface area contributed by atoms with E-state index in [1.165, 1.54) is 6.07 Å². The number of hydrogen-bond donors (Lipinski definition) is 1. The Morgan fingerprint density at radius 2 is 2.15 bits per heavy atom. The van der Waals surface area contributed by atoms with E-state index in [0.717, 1.165) is 0 Å². The molecule has 1 aromatic carbocycles. The van der Waals surface area contributed by atoms with Crippen molar-refractivity contribution in [2.45, 2.75) is 26.8 Å². The number of ether oxygens (including phenoxy) is 1. The first-order chi connectivity index (χ1) is 9.49. The number of rotatable bonds is 8. The summed E-state index contributed by atoms with van der Waals surface area (Å²) < 4.78 is 5.39. The van der Waals surface area contributed by atoms with Crippen LogP contribution in [-0.4, -0.2) is 30.5 Å². The lowest BCUT2D eigenvalue weighted by atomic mass is 10.0. The van der Waals surface area contributed by atoms with E-state index in [0.29, 0.717) is 25.2 Å². The molecule has 0 heterocycles. The average molecular weight is 280 g/mol. The van der Waals surface area contributed by atoms with Crippen molar-refractivity contribution in [1.29, 1.82) is 0 Å². The highest BCUT2D eigenvalue weighted by Crippen LogP contribution is 2.26. The lowest BCUT2D eigenvalue weighted by Gasteiger charge is -2.23. The molecule has 1 atom stereocenters. The second-order valence-corrected chi connectivity index (χ2v) is 4.81. The number of nitrogens with one attached hydrogen (secondary N) is 1. The minimum absolute atomic E-state index is 0.0317. The van der Waals surface area contributed by atoms with Crippen molar-refractivity contribution in [1.82, 2.24) is 0 Å². The van der Waals surface area contributed by atoms with Crippen LogP contribution in [0.5, 0.6) is 0 Å². The van der Waals surface area contributed by atoms with E-state index in [1.54, 1.807) is 12.1 Å². The zero-order chi connectivity index (χ0) is 15.1. The van der Waals surface area contributed by atoms with Gasteiger partial charge >= 0.3 is 0 Å². The van der Waals surface area contributed by atoms with Gasteiger partial charge in [0.2, 0.25) is 0 Å². The molecule has 0 fully saturated rings. The summed E-state index contributed by atoms with van der Waals surface area (Å²) in [7, 11) is 0. The van der Waals surface area contributed by atoms with Gasteiger partial charge in [0.15, 0.2) is 0 Å². The second kappa shape index (κ2) is 7.59. The molecule has 0 aliphatic carbocycles. The normalized spacial score (nSPS) is 12.2. The van der Waals surface area contributed by atoms with E-state index in [4.69, 9.17) is 4.74 Å². The fourth-order valence-electron chi connectivity index (χ4n) is 1.74. The van der Waals surface area contributed by atoms with Crippen molar-refractivity contribution in [3.05, 3.63) is 33.9 Å². The van der Waals surface area contributed by atoms with Crippen LogP contribution in [0.15, 0.2) is 18.2 Å². The van der Waals surface area contributed by atoms with Gasteiger partial charge in [0.05, 0.1) is 17.6 Å². The molecule has 0 aromatic heterocycles. The number of benzene rings is 1. The van der Waals surface area contributed by atoms with E-state index in [9.17, 15) is 14.9 Å². The maximum atomic E-state index is 11.1. The number of anilines is 1. The van der Waals surface area contributed by atoms with Crippen LogP contribution in [0.25, 0.3) is 0 Å². The van der Waals surface area contributed by atoms with E-state index in [1.807, 2.05) is 20.8 Å². The van der Waals surface area contributed by atoms with Crippen molar-refractivity contribution in [2.75, 3.05) is 18.5 Å². The SMILES string of the molecule is CCOCC(Nc1ccc(C=O)cc1[N+](=O)[O-])C(C)C. The summed E-state index contributed by atoms with van der Waals surface area (Å²) in [6, 6.07) is 4.35. The third-order valence-corrected chi connectivity index (χ3v) is 3.00.